The van der Waals surface area contributed by atoms with Crippen molar-refractivity contribution in [3.63, 3.8) is 0 Å². The summed E-state index contributed by atoms with van der Waals surface area (Å²) in [6.07, 6.45) is 0. The number of anilines is 1. The molecule has 0 unspecified atom stereocenters. The van der Waals surface area contributed by atoms with Crippen LogP contribution in [0, 0.1) is 11.3 Å². The number of hydrogen-bond acceptors (Lipinski definition) is 4. The van der Waals surface area contributed by atoms with Crippen molar-refractivity contribution in [1.82, 2.24) is 0 Å². The monoisotopic (exact) mass is 234 g/mol. The Labute approximate surface area is 100.0 Å². The lowest BCUT2D eigenvalue weighted by atomic mass is 10.3. The number of hydrogen-bond donors (Lipinski definition) is 1. The standard InChI is InChI=1S/C12H14N2O3/c1-2-16-9-12(15)14-10-3-5-11(6-4-10)17-8-7-13/h3-6H,2,8-9H2,1H3,(H,14,15). The number of amides is 1. The highest BCUT2D eigenvalue weighted by Crippen LogP contribution is 2.15. The topological polar surface area (TPSA) is 71.3 Å². The van der Waals surface area contributed by atoms with E-state index in [-0.39, 0.29) is 19.1 Å². The lowest BCUT2D eigenvalue weighted by Gasteiger charge is -2.06. The largest absolute Gasteiger partial charge is 0.479 e. The number of carbonyl (C=O) groups is 1. The van der Waals surface area contributed by atoms with E-state index in [1.807, 2.05) is 13.0 Å². The first-order chi connectivity index (χ1) is 8.26. The summed E-state index contributed by atoms with van der Waals surface area (Å²) < 4.78 is 10.1. The molecule has 0 radical (unpaired) electrons. The number of ether oxygens (including phenoxy) is 2. The Bertz CT molecular complexity index is 395. The highest BCUT2D eigenvalue weighted by atomic mass is 16.5. The highest BCUT2D eigenvalue weighted by Gasteiger charge is 2.01. The van der Waals surface area contributed by atoms with E-state index in [4.69, 9.17) is 14.7 Å². The molecule has 0 aliphatic heterocycles. The Morgan fingerprint density at radius 3 is 2.71 bits per heavy atom. The van der Waals surface area contributed by atoms with E-state index in [2.05, 4.69) is 5.32 Å². The zero-order valence-electron chi connectivity index (χ0n) is 9.60. The summed E-state index contributed by atoms with van der Waals surface area (Å²) in [7, 11) is 0. The minimum absolute atomic E-state index is 0.00997. The van der Waals surface area contributed by atoms with Crippen LogP contribution in [-0.4, -0.2) is 25.7 Å². The van der Waals surface area contributed by atoms with Crippen molar-refractivity contribution >= 4 is 11.6 Å². The number of nitrogens with one attached hydrogen (secondary N) is 1. The van der Waals surface area contributed by atoms with Crippen molar-refractivity contribution in [3.05, 3.63) is 24.3 Å². The molecule has 0 atom stereocenters. The second kappa shape index (κ2) is 7.25. The third kappa shape index (κ3) is 5.00. The van der Waals surface area contributed by atoms with Crippen LogP contribution in [0.2, 0.25) is 0 Å². The normalized spacial score (nSPS) is 9.41. The first-order valence-electron chi connectivity index (χ1n) is 5.23. The number of nitrogens with zero attached hydrogens (tertiary/aromatic N) is 1. The third-order valence-corrected chi connectivity index (χ3v) is 1.88. The van der Waals surface area contributed by atoms with Crippen LogP contribution in [0.5, 0.6) is 5.75 Å². The van der Waals surface area contributed by atoms with Gasteiger partial charge in [-0.2, -0.15) is 5.26 Å². The molecule has 0 aromatic heterocycles. The van der Waals surface area contributed by atoms with Crippen molar-refractivity contribution in [2.24, 2.45) is 0 Å². The molecule has 0 bridgehead atoms. The van der Waals surface area contributed by atoms with Crippen LogP contribution in [0.4, 0.5) is 5.69 Å². The molecule has 0 fully saturated rings. The molecule has 1 rings (SSSR count). The van der Waals surface area contributed by atoms with Crippen molar-refractivity contribution in [2.75, 3.05) is 25.1 Å². The summed E-state index contributed by atoms with van der Waals surface area (Å²) in [6.45, 7) is 2.39. The molecule has 0 saturated carbocycles. The number of carbonyl (C=O) groups excluding carboxylic acids is 1. The maximum absolute atomic E-state index is 11.3. The van der Waals surface area contributed by atoms with E-state index in [0.717, 1.165) is 0 Å². The molecule has 1 N–H and O–H groups in total. The van der Waals surface area contributed by atoms with E-state index in [1.54, 1.807) is 24.3 Å². The van der Waals surface area contributed by atoms with E-state index in [0.29, 0.717) is 18.0 Å². The Kier molecular flexibility index (Phi) is 5.55. The number of benzene rings is 1. The van der Waals surface area contributed by atoms with E-state index >= 15 is 0 Å². The van der Waals surface area contributed by atoms with Gasteiger partial charge in [-0.05, 0) is 31.2 Å². The molecule has 0 heterocycles. The predicted molar refractivity (Wildman–Crippen MR) is 62.7 cm³/mol. The van der Waals surface area contributed by atoms with Gasteiger partial charge in [0.1, 0.15) is 18.4 Å². The third-order valence-electron chi connectivity index (χ3n) is 1.88. The second-order valence-electron chi connectivity index (χ2n) is 3.16. The van der Waals surface area contributed by atoms with Gasteiger partial charge in [-0.25, -0.2) is 0 Å². The maximum Gasteiger partial charge on any atom is 0.250 e. The van der Waals surface area contributed by atoms with Gasteiger partial charge in [0.25, 0.3) is 0 Å². The molecule has 1 aromatic carbocycles. The van der Waals surface area contributed by atoms with Crippen molar-refractivity contribution in [3.8, 4) is 11.8 Å². The summed E-state index contributed by atoms with van der Waals surface area (Å²) in [4.78, 5) is 11.3. The molecule has 0 aliphatic rings. The molecule has 1 aromatic rings. The molecule has 0 aliphatic carbocycles. The van der Waals surface area contributed by atoms with Gasteiger partial charge in [-0.1, -0.05) is 0 Å². The summed E-state index contributed by atoms with van der Waals surface area (Å²) in [5.41, 5.74) is 0.666. The molecule has 5 heteroatoms. The molecular formula is C12H14N2O3. The minimum atomic E-state index is -0.197. The number of nitriles is 1. The van der Waals surface area contributed by atoms with Gasteiger partial charge in [0.05, 0.1) is 0 Å². The molecule has 5 nitrogen and oxygen atoms in total. The SMILES string of the molecule is CCOCC(=O)Nc1ccc(OCC#N)cc1. The van der Waals surface area contributed by atoms with Crippen molar-refractivity contribution in [1.29, 1.82) is 5.26 Å². The van der Waals surface area contributed by atoms with Crippen LogP contribution in [0.15, 0.2) is 24.3 Å². The zero-order chi connectivity index (χ0) is 12.5. The fraction of sp³-hybridized carbons (Fsp3) is 0.333. The van der Waals surface area contributed by atoms with Crippen LogP contribution in [0.25, 0.3) is 0 Å². The predicted octanol–water partition coefficient (Wildman–Crippen LogP) is 1.56. The first-order valence-corrected chi connectivity index (χ1v) is 5.23. The Morgan fingerprint density at radius 2 is 2.12 bits per heavy atom. The van der Waals surface area contributed by atoms with Crippen LogP contribution in [0.1, 0.15) is 6.92 Å². The molecular weight excluding hydrogens is 220 g/mol. The van der Waals surface area contributed by atoms with E-state index in [9.17, 15) is 4.79 Å². The Hall–Kier alpha value is -2.06. The van der Waals surface area contributed by atoms with Crippen LogP contribution in [-0.2, 0) is 9.53 Å². The first kappa shape index (κ1) is 13.0. The van der Waals surface area contributed by atoms with Crippen LogP contribution >= 0.6 is 0 Å². The molecule has 0 saturated heterocycles. The lowest BCUT2D eigenvalue weighted by molar-refractivity contribution is -0.120. The summed E-state index contributed by atoms with van der Waals surface area (Å²) >= 11 is 0. The molecule has 90 valence electrons. The average molecular weight is 234 g/mol. The van der Waals surface area contributed by atoms with Crippen molar-refractivity contribution < 1.29 is 14.3 Å². The average Bonchev–Trinajstić information content (AvgIpc) is 2.35. The molecule has 1 amide bonds. The fourth-order valence-electron chi connectivity index (χ4n) is 1.14. The maximum atomic E-state index is 11.3. The van der Waals surface area contributed by atoms with E-state index in [1.165, 1.54) is 0 Å². The van der Waals surface area contributed by atoms with Crippen molar-refractivity contribution in [2.45, 2.75) is 6.92 Å². The smallest absolute Gasteiger partial charge is 0.250 e. The van der Waals surface area contributed by atoms with Gasteiger partial charge in [0.15, 0.2) is 6.61 Å². The summed E-state index contributed by atoms with van der Waals surface area (Å²) in [5, 5.41) is 11.0. The Morgan fingerprint density at radius 1 is 1.41 bits per heavy atom. The summed E-state index contributed by atoms with van der Waals surface area (Å²) in [6, 6.07) is 8.66. The van der Waals surface area contributed by atoms with Gasteiger partial charge in [0, 0.05) is 12.3 Å². The second-order valence-corrected chi connectivity index (χ2v) is 3.16. The van der Waals surface area contributed by atoms with Gasteiger partial charge in [-0.15, -0.1) is 0 Å². The van der Waals surface area contributed by atoms with Gasteiger partial charge >= 0.3 is 0 Å². The van der Waals surface area contributed by atoms with Gasteiger partial charge in [-0.3, -0.25) is 4.79 Å². The summed E-state index contributed by atoms with van der Waals surface area (Å²) in [5.74, 6) is 0.395. The zero-order valence-corrected chi connectivity index (χ0v) is 9.60. The van der Waals surface area contributed by atoms with Crippen LogP contribution in [0.3, 0.4) is 0 Å². The van der Waals surface area contributed by atoms with Crippen LogP contribution < -0.4 is 10.1 Å². The molecule has 0 spiro atoms. The fourth-order valence-corrected chi connectivity index (χ4v) is 1.14. The number of rotatable bonds is 6. The van der Waals surface area contributed by atoms with Gasteiger partial charge in [0.2, 0.25) is 5.91 Å². The minimum Gasteiger partial charge on any atom is -0.479 e. The van der Waals surface area contributed by atoms with E-state index < -0.39 is 0 Å². The lowest BCUT2D eigenvalue weighted by Crippen LogP contribution is -2.18. The quantitative estimate of drug-likeness (QED) is 0.810. The Balaban J connectivity index is 2.45. The molecule has 17 heavy (non-hydrogen) atoms. The van der Waals surface area contributed by atoms with Gasteiger partial charge < -0.3 is 14.8 Å². The highest BCUT2D eigenvalue weighted by molar-refractivity contribution is 5.91.